The summed E-state index contributed by atoms with van der Waals surface area (Å²) in [5, 5.41) is 11.4. The predicted octanol–water partition coefficient (Wildman–Crippen LogP) is 3.90. The fraction of sp³-hybridized carbons (Fsp3) is 0.389. The maximum atomic E-state index is 4.70. The monoisotopic (exact) mass is 324 g/mol. The molecule has 0 radical (unpaired) electrons. The van der Waals surface area contributed by atoms with Crippen LogP contribution in [-0.2, 0) is 6.42 Å². The number of hydrogen-bond donors (Lipinski definition) is 2. The number of nitrogens with zero attached hydrogens (tertiary/aromatic N) is 4. The van der Waals surface area contributed by atoms with Crippen molar-refractivity contribution in [2.45, 2.75) is 33.6 Å². The highest BCUT2D eigenvalue weighted by Gasteiger charge is 2.10. The fourth-order valence-corrected chi connectivity index (χ4v) is 2.78. The summed E-state index contributed by atoms with van der Waals surface area (Å²) in [5.74, 6) is 1.62. The van der Waals surface area contributed by atoms with Crippen LogP contribution < -0.4 is 10.2 Å². The average molecular weight is 324 g/mol. The van der Waals surface area contributed by atoms with Gasteiger partial charge in [0.25, 0.3) is 0 Å². The molecule has 0 spiro atoms. The number of aromatic nitrogens is 4. The fourth-order valence-electron chi connectivity index (χ4n) is 2.78. The Morgan fingerprint density at radius 2 is 1.92 bits per heavy atom. The lowest BCUT2D eigenvalue weighted by atomic mass is 10.2. The van der Waals surface area contributed by atoms with Gasteiger partial charge in [0.05, 0.1) is 11.7 Å². The highest BCUT2D eigenvalue weighted by Crippen LogP contribution is 2.22. The number of anilines is 3. The van der Waals surface area contributed by atoms with E-state index in [9.17, 15) is 0 Å². The third kappa shape index (κ3) is 3.48. The van der Waals surface area contributed by atoms with Gasteiger partial charge >= 0.3 is 0 Å². The Hall–Kier alpha value is -2.63. The molecule has 0 fully saturated rings. The van der Waals surface area contributed by atoms with E-state index in [0.717, 1.165) is 54.0 Å². The average Bonchev–Trinajstić information content (AvgIpc) is 3.04. The molecule has 2 aromatic heterocycles. The van der Waals surface area contributed by atoms with Crippen molar-refractivity contribution in [1.82, 2.24) is 20.2 Å². The molecule has 6 nitrogen and oxygen atoms in total. The van der Waals surface area contributed by atoms with E-state index in [2.05, 4.69) is 52.2 Å². The van der Waals surface area contributed by atoms with Crippen LogP contribution in [0.2, 0.25) is 0 Å². The van der Waals surface area contributed by atoms with Crippen molar-refractivity contribution >= 4 is 28.4 Å². The zero-order valence-electron chi connectivity index (χ0n) is 14.5. The van der Waals surface area contributed by atoms with Crippen molar-refractivity contribution in [3.8, 4) is 0 Å². The molecule has 3 rings (SSSR count). The van der Waals surface area contributed by atoms with Gasteiger partial charge in [-0.05, 0) is 38.5 Å². The first-order valence-corrected chi connectivity index (χ1v) is 8.56. The van der Waals surface area contributed by atoms with Gasteiger partial charge in [0.15, 0.2) is 0 Å². The van der Waals surface area contributed by atoms with Crippen LogP contribution in [-0.4, -0.2) is 33.3 Å². The van der Waals surface area contributed by atoms with Crippen LogP contribution in [0.4, 0.5) is 17.5 Å². The third-order valence-electron chi connectivity index (χ3n) is 4.06. The van der Waals surface area contributed by atoms with Crippen LogP contribution in [0.1, 0.15) is 32.9 Å². The SMILES string of the molecule is CCCc1cc(N(CC)CC)nc(Nc2ccc3[nH]ncc3c2)n1. The largest absolute Gasteiger partial charge is 0.357 e. The third-order valence-corrected chi connectivity index (χ3v) is 4.06. The van der Waals surface area contributed by atoms with Gasteiger partial charge in [-0.1, -0.05) is 13.3 Å². The number of H-pyrrole nitrogens is 1. The van der Waals surface area contributed by atoms with Crippen LogP contribution in [0.5, 0.6) is 0 Å². The number of fused-ring (bicyclic) bond motifs is 1. The number of hydrogen-bond acceptors (Lipinski definition) is 5. The number of rotatable bonds is 7. The Kier molecular flexibility index (Phi) is 4.93. The number of nitrogens with one attached hydrogen (secondary N) is 2. The van der Waals surface area contributed by atoms with E-state index in [4.69, 9.17) is 4.98 Å². The van der Waals surface area contributed by atoms with Crippen molar-refractivity contribution in [2.24, 2.45) is 0 Å². The van der Waals surface area contributed by atoms with E-state index in [1.165, 1.54) is 0 Å². The summed E-state index contributed by atoms with van der Waals surface area (Å²) in [6.07, 6.45) is 3.83. The molecule has 0 bridgehead atoms. The molecule has 0 saturated heterocycles. The first-order valence-electron chi connectivity index (χ1n) is 8.56. The zero-order valence-corrected chi connectivity index (χ0v) is 14.5. The highest BCUT2D eigenvalue weighted by atomic mass is 15.2. The molecule has 6 heteroatoms. The van der Waals surface area contributed by atoms with Crippen molar-refractivity contribution < 1.29 is 0 Å². The molecule has 0 unspecified atom stereocenters. The maximum absolute atomic E-state index is 4.70. The number of aryl methyl sites for hydroxylation is 1. The van der Waals surface area contributed by atoms with Gasteiger partial charge in [0.2, 0.25) is 5.95 Å². The second-order valence-electron chi connectivity index (χ2n) is 5.76. The molecule has 24 heavy (non-hydrogen) atoms. The molecule has 0 atom stereocenters. The molecule has 3 aromatic rings. The summed E-state index contributed by atoms with van der Waals surface area (Å²) in [5.41, 5.74) is 3.05. The molecular formula is C18H24N6. The van der Waals surface area contributed by atoms with Gasteiger partial charge in [-0.25, -0.2) is 4.98 Å². The summed E-state index contributed by atoms with van der Waals surface area (Å²) in [6.45, 7) is 8.31. The first-order chi connectivity index (χ1) is 11.7. The highest BCUT2D eigenvalue weighted by molar-refractivity contribution is 5.82. The lowest BCUT2D eigenvalue weighted by Crippen LogP contribution is -2.23. The van der Waals surface area contributed by atoms with E-state index in [1.54, 1.807) is 0 Å². The molecule has 0 saturated carbocycles. The quantitative estimate of drug-likeness (QED) is 0.690. The van der Waals surface area contributed by atoms with E-state index in [0.29, 0.717) is 5.95 Å². The normalized spacial score (nSPS) is 11.0. The summed E-state index contributed by atoms with van der Waals surface area (Å²) in [4.78, 5) is 11.6. The Bertz CT molecular complexity index is 806. The van der Waals surface area contributed by atoms with Crippen molar-refractivity contribution in [1.29, 1.82) is 0 Å². The molecule has 0 aliphatic heterocycles. The lowest BCUT2D eigenvalue weighted by molar-refractivity contribution is 0.824. The molecular weight excluding hydrogens is 300 g/mol. The Morgan fingerprint density at radius 1 is 1.08 bits per heavy atom. The van der Waals surface area contributed by atoms with E-state index >= 15 is 0 Å². The Labute approximate surface area is 142 Å². The minimum atomic E-state index is 0.644. The minimum Gasteiger partial charge on any atom is -0.357 e. The van der Waals surface area contributed by atoms with E-state index in [-0.39, 0.29) is 0 Å². The number of benzene rings is 1. The second kappa shape index (κ2) is 7.29. The lowest BCUT2D eigenvalue weighted by Gasteiger charge is -2.21. The van der Waals surface area contributed by atoms with Crippen LogP contribution in [0.3, 0.4) is 0 Å². The standard InChI is InChI=1S/C18H24N6/c1-4-7-14-11-17(24(5-2)6-3)22-18(20-14)21-15-8-9-16-13(10-15)12-19-23-16/h8-12H,4-7H2,1-3H3,(H,19,23)(H,20,21,22). The van der Waals surface area contributed by atoms with Gasteiger partial charge in [-0.3, -0.25) is 5.10 Å². The van der Waals surface area contributed by atoms with Gasteiger partial charge in [0, 0.05) is 35.9 Å². The van der Waals surface area contributed by atoms with Crippen molar-refractivity contribution in [3.63, 3.8) is 0 Å². The molecule has 1 aromatic carbocycles. The van der Waals surface area contributed by atoms with Gasteiger partial charge in [-0.15, -0.1) is 0 Å². The van der Waals surface area contributed by atoms with Gasteiger partial charge < -0.3 is 10.2 Å². The van der Waals surface area contributed by atoms with Gasteiger partial charge in [0.1, 0.15) is 5.82 Å². The first kappa shape index (κ1) is 16.2. The van der Waals surface area contributed by atoms with Crippen LogP contribution in [0, 0.1) is 0 Å². The Morgan fingerprint density at radius 3 is 2.67 bits per heavy atom. The molecule has 2 heterocycles. The predicted molar refractivity (Wildman–Crippen MR) is 99.0 cm³/mol. The second-order valence-corrected chi connectivity index (χ2v) is 5.76. The maximum Gasteiger partial charge on any atom is 0.229 e. The van der Waals surface area contributed by atoms with Gasteiger partial charge in [-0.2, -0.15) is 10.1 Å². The molecule has 0 aliphatic carbocycles. The topological polar surface area (TPSA) is 69.7 Å². The van der Waals surface area contributed by atoms with Crippen LogP contribution in [0.15, 0.2) is 30.5 Å². The molecule has 2 N–H and O–H groups in total. The van der Waals surface area contributed by atoms with E-state index in [1.807, 2.05) is 24.4 Å². The molecule has 0 amide bonds. The summed E-state index contributed by atoms with van der Waals surface area (Å²) in [6, 6.07) is 8.16. The van der Waals surface area contributed by atoms with Crippen LogP contribution in [0.25, 0.3) is 10.9 Å². The molecule has 126 valence electrons. The summed E-state index contributed by atoms with van der Waals surface area (Å²) in [7, 11) is 0. The van der Waals surface area contributed by atoms with Crippen molar-refractivity contribution in [3.05, 3.63) is 36.2 Å². The van der Waals surface area contributed by atoms with E-state index < -0.39 is 0 Å². The Balaban J connectivity index is 1.92. The minimum absolute atomic E-state index is 0.644. The summed E-state index contributed by atoms with van der Waals surface area (Å²) < 4.78 is 0. The van der Waals surface area contributed by atoms with Crippen LogP contribution >= 0.6 is 0 Å². The summed E-state index contributed by atoms with van der Waals surface area (Å²) >= 11 is 0. The zero-order chi connectivity index (χ0) is 16.9. The van der Waals surface area contributed by atoms with Crippen molar-refractivity contribution in [2.75, 3.05) is 23.3 Å². The molecule has 0 aliphatic rings. The number of aromatic amines is 1. The smallest absolute Gasteiger partial charge is 0.229 e.